The zero-order chi connectivity index (χ0) is 19.5. The van der Waals surface area contributed by atoms with E-state index in [4.69, 9.17) is 11.6 Å². The molecule has 5 rings (SSSR count). The second kappa shape index (κ2) is 6.71. The maximum atomic E-state index is 12.9. The van der Waals surface area contributed by atoms with E-state index < -0.39 is 5.60 Å². The number of aromatic nitrogens is 2. The number of aliphatic hydroxyl groups excluding tert-OH is 1. The number of aromatic amines is 1. The zero-order valence-electron chi connectivity index (χ0n) is 15.8. The van der Waals surface area contributed by atoms with Crippen molar-refractivity contribution in [2.45, 2.75) is 50.2 Å². The van der Waals surface area contributed by atoms with Gasteiger partial charge in [0.1, 0.15) is 0 Å². The molecule has 2 heterocycles. The smallest absolute Gasteiger partial charge is 0.225 e. The summed E-state index contributed by atoms with van der Waals surface area (Å²) in [5, 5.41) is 29.7. The molecular weight excluding hydrogens is 378 g/mol. The van der Waals surface area contributed by atoms with Gasteiger partial charge < -0.3 is 15.1 Å². The summed E-state index contributed by atoms with van der Waals surface area (Å²) in [4.78, 5) is 14.9. The van der Waals surface area contributed by atoms with Crippen LogP contribution in [0.15, 0.2) is 18.3 Å². The number of halogens is 1. The van der Waals surface area contributed by atoms with E-state index in [1.165, 1.54) is 0 Å². The molecule has 2 aromatic rings. The highest BCUT2D eigenvalue weighted by atomic mass is 35.5. The molecule has 0 bridgehead atoms. The molecule has 0 spiro atoms. The monoisotopic (exact) mass is 403 g/mol. The van der Waals surface area contributed by atoms with Gasteiger partial charge in [0.05, 0.1) is 23.4 Å². The topological polar surface area (TPSA) is 89.5 Å². The Labute approximate surface area is 168 Å². The normalized spacial score (nSPS) is 35.5. The lowest BCUT2D eigenvalue weighted by atomic mass is 9.86. The van der Waals surface area contributed by atoms with Gasteiger partial charge >= 0.3 is 0 Å². The Bertz CT molecular complexity index is 891. The van der Waals surface area contributed by atoms with Crippen LogP contribution in [0.5, 0.6) is 0 Å². The molecule has 0 unspecified atom stereocenters. The summed E-state index contributed by atoms with van der Waals surface area (Å²) in [5.74, 6) is 0.914. The first-order valence-corrected chi connectivity index (χ1v) is 10.6. The number of carbonyl (C=O) groups is 1. The highest BCUT2D eigenvalue weighted by molar-refractivity contribution is 6.31. The second-order valence-corrected chi connectivity index (χ2v) is 9.43. The van der Waals surface area contributed by atoms with E-state index in [2.05, 4.69) is 10.2 Å². The number of benzene rings is 1. The lowest BCUT2D eigenvalue weighted by Crippen LogP contribution is -2.38. The fourth-order valence-corrected chi connectivity index (χ4v) is 5.95. The van der Waals surface area contributed by atoms with Crippen molar-refractivity contribution in [2.75, 3.05) is 13.1 Å². The van der Waals surface area contributed by atoms with Gasteiger partial charge in [0, 0.05) is 29.4 Å². The SMILES string of the molecule is O=C(C1CCC(O)CC1)N1C[C@@H]2C[C@@](O)(c3cc(Cl)cc4[nH]ncc34)C[C@@H]2C1. The summed E-state index contributed by atoms with van der Waals surface area (Å²) in [7, 11) is 0. The van der Waals surface area contributed by atoms with Gasteiger partial charge in [-0.3, -0.25) is 9.89 Å². The fraction of sp³-hybridized carbons (Fsp3) is 0.619. The minimum atomic E-state index is -0.924. The Morgan fingerprint density at radius 3 is 2.54 bits per heavy atom. The summed E-state index contributed by atoms with van der Waals surface area (Å²) >= 11 is 6.27. The molecule has 2 aliphatic carbocycles. The summed E-state index contributed by atoms with van der Waals surface area (Å²) in [5.41, 5.74) is 0.758. The lowest BCUT2D eigenvalue weighted by molar-refractivity contribution is -0.136. The van der Waals surface area contributed by atoms with Crippen LogP contribution < -0.4 is 0 Å². The number of likely N-dealkylation sites (tertiary alicyclic amines) is 1. The van der Waals surface area contributed by atoms with Crippen LogP contribution in [0.1, 0.15) is 44.1 Å². The van der Waals surface area contributed by atoms with Crippen LogP contribution >= 0.6 is 11.6 Å². The number of H-pyrrole nitrogens is 1. The van der Waals surface area contributed by atoms with Gasteiger partial charge in [-0.05, 0) is 68.1 Å². The average Bonchev–Trinajstić information content (AvgIpc) is 3.34. The molecule has 1 amide bonds. The zero-order valence-corrected chi connectivity index (χ0v) is 16.5. The highest BCUT2D eigenvalue weighted by Gasteiger charge is 2.51. The molecule has 3 fully saturated rings. The van der Waals surface area contributed by atoms with Crippen molar-refractivity contribution >= 4 is 28.4 Å². The van der Waals surface area contributed by atoms with Crippen molar-refractivity contribution in [3.05, 3.63) is 28.9 Å². The molecule has 6 nitrogen and oxygen atoms in total. The Hall–Kier alpha value is -1.63. The quantitative estimate of drug-likeness (QED) is 0.719. The van der Waals surface area contributed by atoms with Crippen molar-refractivity contribution in [2.24, 2.45) is 17.8 Å². The summed E-state index contributed by atoms with van der Waals surface area (Å²) in [6.45, 7) is 1.44. The van der Waals surface area contributed by atoms with Gasteiger partial charge in [-0.15, -0.1) is 0 Å². The van der Waals surface area contributed by atoms with Crippen LogP contribution in [0.4, 0.5) is 0 Å². The Balaban J connectivity index is 1.31. The Morgan fingerprint density at radius 2 is 1.86 bits per heavy atom. The van der Waals surface area contributed by atoms with Crippen LogP contribution in [0.25, 0.3) is 10.9 Å². The predicted octanol–water partition coefficient (Wildman–Crippen LogP) is 2.82. The van der Waals surface area contributed by atoms with Gasteiger partial charge in [-0.1, -0.05) is 11.6 Å². The van der Waals surface area contributed by atoms with E-state index in [1.54, 1.807) is 6.20 Å². The molecule has 150 valence electrons. The van der Waals surface area contributed by atoms with Crippen LogP contribution in [0, 0.1) is 17.8 Å². The molecule has 3 atom stereocenters. The number of nitrogens with zero attached hydrogens (tertiary/aromatic N) is 2. The number of hydrogen-bond acceptors (Lipinski definition) is 4. The van der Waals surface area contributed by atoms with Crippen LogP contribution in [-0.2, 0) is 10.4 Å². The standard InChI is InChI=1S/C21H26ClN3O3/c22-15-5-18(17-9-23-24-19(17)6-15)21(28)7-13-10-25(11-14(13)8-21)20(27)12-1-3-16(26)4-2-12/h5-6,9,12-14,16,26,28H,1-4,7-8,10-11H2,(H,23,24)/t12?,13-,14+,16?,21-. The largest absolute Gasteiger partial charge is 0.393 e. The maximum Gasteiger partial charge on any atom is 0.225 e. The molecule has 1 aromatic heterocycles. The summed E-state index contributed by atoms with van der Waals surface area (Å²) < 4.78 is 0. The van der Waals surface area contributed by atoms with Crippen molar-refractivity contribution in [3.8, 4) is 0 Å². The van der Waals surface area contributed by atoms with Crippen LogP contribution in [-0.4, -0.2) is 50.4 Å². The Kier molecular flexibility index (Phi) is 4.41. The predicted molar refractivity (Wildman–Crippen MR) is 106 cm³/mol. The van der Waals surface area contributed by atoms with E-state index in [1.807, 2.05) is 17.0 Å². The van der Waals surface area contributed by atoms with E-state index >= 15 is 0 Å². The molecule has 0 radical (unpaired) electrons. The van der Waals surface area contributed by atoms with Gasteiger partial charge in [0.25, 0.3) is 0 Å². The first-order valence-electron chi connectivity index (χ1n) is 10.3. The summed E-state index contributed by atoms with van der Waals surface area (Å²) in [6.07, 6.45) is 5.83. The first kappa shape index (κ1) is 18.4. The number of hydrogen-bond donors (Lipinski definition) is 3. The minimum Gasteiger partial charge on any atom is -0.393 e. The third kappa shape index (κ3) is 3.02. The van der Waals surface area contributed by atoms with Gasteiger partial charge in [-0.25, -0.2) is 0 Å². The van der Waals surface area contributed by atoms with Crippen LogP contribution in [0.2, 0.25) is 5.02 Å². The molecule has 1 aromatic carbocycles. The lowest BCUT2D eigenvalue weighted by Gasteiger charge is -2.30. The first-order chi connectivity index (χ1) is 13.4. The second-order valence-electron chi connectivity index (χ2n) is 8.99. The maximum absolute atomic E-state index is 12.9. The van der Waals surface area contributed by atoms with E-state index in [0.29, 0.717) is 29.7 Å². The molecule has 28 heavy (non-hydrogen) atoms. The third-order valence-corrected chi connectivity index (χ3v) is 7.38. The van der Waals surface area contributed by atoms with Crippen molar-refractivity contribution in [3.63, 3.8) is 0 Å². The van der Waals surface area contributed by atoms with Crippen LogP contribution in [0.3, 0.4) is 0 Å². The number of amides is 1. The Morgan fingerprint density at radius 1 is 1.18 bits per heavy atom. The number of nitrogens with one attached hydrogen (secondary N) is 1. The van der Waals surface area contributed by atoms with E-state index in [9.17, 15) is 15.0 Å². The molecule has 7 heteroatoms. The van der Waals surface area contributed by atoms with E-state index in [0.717, 1.165) is 55.2 Å². The highest BCUT2D eigenvalue weighted by Crippen LogP contribution is 2.51. The number of carbonyl (C=O) groups excluding carboxylic acids is 1. The molecule has 1 aliphatic heterocycles. The number of aliphatic hydroxyl groups is 2. The molecule has 3 aliphatic rings. The molecular formula is C21H26ClN3O3. The minimum absolute atomic E-state index is 0.0552. The van der Waals surface area contributed by atoms with Gasteiger partial charge in [0.15, 0.2) is 0 Å². The summed E-state index contributed by atoms with van der Waals surface area (Å²) in [6, 6.07) is 3.69. The average molecular weight is 404 g/mol. The van der Waals surface area contributed by atoms with Gasteiger partial charge in [0.2, 0.25) is 5.91 Å². The van der Waals surface area contributed by atoms with Crippen molar-refractivity contribution in [1.29, 1.82) is 0 Å². The molecule has 1 saturated heterocycles. The fourth-order valence-electron chi connectivity index (χ4n) is 5.73. The van der Waals surface area contributed by atoms with Crippen molar-refractivity contribution in [1.82, 2.24) is 15.1 Å². The number of rotatable bonds is 2. The van der Waals surface area contributed by atoms with E-state index in [-0.39, 0.29) is 17.9 Å². The molecule has 2 saturated carbocycles. The molecule has 3 N–H and O–H groups in total. The number of fused-ring (bicyclic) bond motifs is 2. The third-order valence-electron chi connectivity index (χ3n) is 7.16. The van der Waals surface area contributed by atoms with Gasteiger partial charge in [-0.2, -0.15) is 5.10 Å². The van der Waals surface area contributed by atoms with Crippen molar-refractivity contribution < 1.29 is 15.0 Å².